The number of hydrogen-bond acceptors (Lipinski definition) is 3. The standard InChI is InChI=1S/C13H16N2O/c1-15(2)14-13(12-9-6-10-16-12)11-7-4-3-5-8-11/h3-10,13-14H,1-2H3. The lowest BCUT2D eigenvalue weighted by Gasteiger charge is -2.21. The third kappa shape index (κ3) is 2.51. The summed E-state index contributed by atoms with van der Waals surface area (Å²) >= 11 is 0. The lowest BCUT2D eigenvalue weighted by atomic mass is 10.1. The highest BCUT2D eigenvalue weighted by molar-refractivity contribution is 5.26. The van der Waals surface area contributed by atoms with Gasteiger partial charge in [-0.05, 0) is 17.7 Å². The molecule has 84 valence electrons. The van der Waals surface area contributed by atoms with E-state index in [0.717, 1.165) is 5.76 Å². The number of rotatable bonds is 4. The fourth-order valence-electron chi connectivity index (χ4n) is 1.66. The summed E-state index contributed by atoms with van der Waals surface area (Å²) in [6.07, 6.45) is 1.70. The minimum Gasteiger partial charge on any atom is -0.467 e. The summed E-state index contributed by atoms with van der Waals surface area (Å²) in [5.74, 6) is 0.917. The maximum absolute atomic E-state index is 5.46. The molecule has 3 nitrogen and oxygen atoms in total. The van der Waals surface area contributed by atoms with Crippen LogP contribution in [0.3, 0.4) is 0 Å². The van der Waals surface area contributed by atoms with E-state index < -0.39 is 0 Å². The van der Waals surface area contributed by atoms with E-state index >= 15 is 0 Å². The summed E-state index contributed by atoms with van der Waals surface area (Å²) in [5.41, 5.74) is 4.52. The summed E-state index contributed by atoms with van der Waals surface area (Å²) in [6.45, 7) is 0. The molecular formula is C13H16N2O. The minimum absolute atomic E-state index is 0.0613. The molecule has 0 saturated heterocycles. The van der Waals surface area contributed by atoms with Gasteiger partial charge in [-0.15, -0.1) is 0 Å². The van der Waals surface area contributed by atoms with Crippen molar-refractivity contribution < 1.29 is 4.42 Å². The number of furan rings is 1. The highest BCUT2D eigenvalue weighted by Gasteiger charge is 2.16. The Morgan fingerprint density at radius 3 is 2.38 bits per heavy atom. The molecule has 1 aromatic carbocycles. The van der Waals surface area contributed by atoms with Crippen molar-refractivity contribution in [2.24, 2.45) is 0 Å². The van der Waals surface area contributed by atoms with Gasteiger partial charge in [0, 0.05) is 14.1 Å². The normalized spacial score (nSPS) is 12.9. The van der Waals surface area contributed by atoms with Gasteiger partial charge in [0.2, 0.25) is 0 Å². The number of hydrogen-bond donors (Lipinski definition) is 1. The summed E-state index contributed by atoms with van der Waals surface area (Å²) in [6, 6.07) is 14.2. The lowest BCUT2D eigenvalue weighted by Crippen LogP contribution is -2.34. The van der Waals surface area contributed by atoms with Crippen molar-refractivity contribution in [2.75, 3.05) is 14.1 Å². The Morgan fingerprint density at radius 1 is 1.06 bits per heavy atom. The van der Waals surface area contributed by atoms with Gasteiger partial charge in [0.15, 0.2) is 0 Å². The molecule has 0 saturated carbocycles. The van der Waals surface area contributed by atoms with Crippen molar-refractivity contribution in [3.05, 3.63) is 60.1 Å². The average molecular weight is 216 g/mol. The average Bonchev–Trinajstić information content (AvgIpc) is 2.80. The van der Waals surface area contributed by atoms with Crippen LogP contribution in [-0.4, -0.2) is 19.1 Å². The summed E-state index contributed by atoms with van der Waals surface area (Å²) in [4.78, 5) is 0. The van der Waals surface area contributed by atoms with Gasteiger partial charge in [-0.3, -0.25) is 0 Å². The van der Waals surface area contributed by atoms with Crippen LogP contribution in [-0.2, 0) is 0 Å². The molecule has 0 spiro atoms. The van der Waals surface area contributed by atoms with Gasteiger partial charge >= 0.3 is 0 Å². The molecule has 2 rings (SSSR count). The number of hydrazine groups is 1. The van der Waals surface area contributed by atoms with Crippen molar-refractivity contribution in [1.29, 1.82) is 0 Å². The van der Waals surface area contributed by atoms with Gasteiger partial charge in [-0.1, -0.05) is 30.3 Å². The third-order valence-electron chi connectivity index (χ3n) is 2.35. The molecule has 1 heterocycles. The first-order valence-electron chi connectivity index (χ1n) is 5.29. The van der Waals surface area contributed by atoms with E-state index in [9.17, 15) is 0 Å². The molecule has 1 N–H and O–H groups in total. The van der Waals surface area contributed by atoms with Crippen LogP contribution in [0.5, 0.6) is 0 Å². The second-order valence-corrected chi connectivity index (χ2v) is 3.88. The second-order valence-electron chi connectivity index (χ2n) is 3.88. The Hall–Kier alpha value is -1.58. The summed E-state index contributed by atoms with van der Waals surface area (Å²) in [5, 5.41) is 1.93. The first-order valence-corrected chi connectivity index (χ1v) is 5.29. The monoisotopic (exact) mass is 216 g/mol. The lowest BCUT2D eigenvalue weighted by molar-refractivity contribution is 0.244. The van der Waals surface area contributed by atoms with Crippen LogP contribution in [0.1, 0.15) is 17.4 Å². The molecule has 0 radical (unpaired) electrons. The molecule has 16 heavy (non-hydrogen) atoms. The molecule has 1 atom stereocenters. The van der Waals surface area contributed by atoms with Crippen molar-refractivity contribution in [3.8, 4) is 0 Å². The maximum atomic E-state index is 5.46. The fourth-order valence-corrected chi connectivity index (χ4v) is 1.66. The van der Waals surface area contributed by atoms with Crippen LogP contribution in [0.4, 0.5) is 0 Å². The largest absolute Gasteiger partial charge is 0.467 e. The second kappa shape index (κ2) is 4.96. The topological polar surface area (TPSA) is 28.4 Å². The first kappa shape index (κ1) is 10.9. The smallest absolute Gasteiger partial charge is 0.126 e. The van der Waals surface area contributed by atoms with E-state index in [-0.39, 0.29) is 6.04 Å². The van der Waals surface area contributed by atoms with Crippen LogP contribution in [0.2, 0.25) is 0 Å². The molecule has 1 aromatic heterocycles. The van der Waals surface area contributed by atoms with E-state index in [2.05, 4.69) is 17.6 Å². The van der Waals surface area contributed by atoms with Crippen LogP contribution >= 0.6 is 0 Å². The van der Waals surface area contributed by atoms with Gasteiger partial charge in [0.25, 0.3) is 0 Å². The zero-order valence-corrected chi connectivity index (χ0v) is 9.55. The summed E-state index contributed by atoms with van der Waals surface area (Å²) in [7, 11) is 3.94. The molecular weight excluding hydrogens is 200 g/mol. The van der Waals surface area contributed by atoms with Crippen LogP contribution in [0, 0.1) is 0 Å². The molecule has 0 fully saturated rings. The highest BCUT2D eigenvalue weighted by atomic mass is 16.3. The van der Waals surface area contributed by atoms with E-state index in [1.807, 2.05) is 49.4 Å². The number of nitrogens with zero attached hydrogens (tertiary/aromatic N) is 1. The maximum Gasteiger partial charge on any atom is 0.126 e. The highest BCUT2D eigenvalue weighted by Crippen LogP contribution is 2.22. The van der Waals surface area contributed by atoms with E-state index in [1.54, 1.807) is 6.26 Å². The molecule has 0 aliphatic carbocycles. The van der Waals surface area contributed by atoms with Gasteiger partial charge in [-0.25, -0.2) is 10.4 Å². The van der Waals surface area contributed by atoms with Gasteiger partial charge in [0.05, 0.1) is 6.26 Å². The van der Waals surface area contributed by atoms with Gasteiger partial charge < -0.3 is 4.42 Å². The van der Waals surface area contributed by atoms with E-state index in [1.165, 1.54) is 5.56 Å². The van der Waals surface area contributed by atoms with Crippen LogP contribution in [0.25, 0.3) is 0 Å². The predicted octanol–water partition coefficient (Wildman–Crippen LogP) is 2.44. The minimum atomic E-state index is 0.0613. The van der Waals surface area contributed by atoms with Crippen LogP contribution in [0.15, 0.2) is 53.1 Å². The first-order chi connectivity index (χ1) is 7.77. The Morgan fingerprint density at radius 2 is 1.81 bits per heavy atom. The molecule has 2 aromatic rings. The Labute approximate surface area is 95.7 Å². The van der Waals surface area contributed by atoms with Gasteiger partial charge in [-0.2, -0.15) is 0 Å². The Balaban J connectivity index is 2.29. The SMILES string of the molecule is CN(C)NC(c1ccccc1)c1ccco1. The Bertz CT molecular complexity index is 409. The molecule has 0 bridgehead atoms. The third-order valence-corrected chi connectivity index (χ3v) is 2.35. The zero-order valence-electron chi connectivity index (χ0n) is 9.55. The van der Waals surface area contributed by atoms with Crippen molar-refractivity contribution in [3.63, 3.8) is 0 Å². The van der Waals surface area contributed by atoms with Crippen molar-refractivity contribution in [2.45, 2.75) is 6.04 Å². The quantitative estimate of drug-likeness (QED) is 0.796. The van der Waals surface area contributed by atoms with Crippen molar-refractivity contribution in [1.82, 2.24) is 10.4 Å². The van der Waals surface area contributed by atoms with E-state index in [0.29, 0.717) is 0 Å². The van der Waals surface area contributed by atoms with Crippen LogP contribution < -0.4 is 5.43 Å². The Kier molecular flexibility index (Phi) is 3.39. The van der Waals surface area contributed by atoms with Gasteiger partial charge in [0.1, 0.15) is 11.8 Å². The van der Waals surface area contributed by atoms with E-state index in [4.69, 9.17) is 4.42 Å². The fraction of sp³-hybridized carbons (Fsp3) is 0.231. The molecule has 0 aliphatic rings. The number of nitrogens with one attached hydrogen (secondary N) is 1. The molecule has 1 unspecified atom stereocenters. The van der Waals surface area contributed by atoms with Crippen molar-refractivity contribution >= 4 is 0 Å². The predicted molar refractivity (Wildman–Crippen MR) is 63.8 cm³/mol. The number of benzene rings is 1. The zero-order chi connectivity index (χ0) is 11.4. The molecule has 0 aliphatic heterocycles. The summed E-state index contributed by atoms with van der Waals surface area (Å²) < 4.78 is 5.46. The molecule has 0 amide bonds. The molecule has 3 heteroatoms.